The number of carbonyl (C=O) groups is 1. The second kappa shape index (κ2) is 8.57. The maximum atomic E-state index is 12.3. The molecule has 8 heteroatoms. The van der Waals surface area contributed by atoms with E-state index >= 15 is 0 Å². The first-order chi connectivity index (χ1) is 12.3. The second-order valence-electron chi connectivity index (χ2n) is 5.54. The van der Waals surface area contributed by atoms with Crippen molar-refractivity contribution in [2.75, 3.05) is 36.6 Å². The summed E-state index contributed by atoms with van der Waals surface area (Å²) in [6.07, 6.45) is 1.10. The van der Waals surface area contributed by atoms with E-state index in [1.807, 2.05) is 0 Å². The summed E-state index contributed by atoms with van der Waals surface area (Å²) in [7, 11) is -0.478. The van der Waals surface area contributed by atoms with Gasteiger partial charge in [-0.05, 0) is 24.3 Å². The molecule has 0 saturated heterocycles. The second-order valence-corrected chi connectivity index (χ2v) is 7.44. The van der Waals surface area contributed by atoms with Crippen LogP contribution in [0.2, 0.25) is 0 Å². The number of hydrogen-bond donors (Lipinski definition) is 1. The van der Waals surface area contributed by atoms with Crippen molar-refractivity contribution in [3.63, 3.8) is 0 Å². The maximum absolute atomic E-state index is 12.3. The third-order valence-corrected chi connectivity index (χ3v) is 4.86. The third-order valence-electron chi connectivity index (χ3n) is 3.67. The summed E-state index contributed by atoms with van der Waals surface area (Å²) in [5.74, 6) is 0.728. The van der Waals surface area contributed by atoms with Crippen LogP contribution in [-0.2, 0) is 14.8 Å². The van der Waals surface area contributed by atoms with Crippen LogP contribution < -0.4 is 19.1 Å². The minimum absolute atomic E-state index is 0.0116. The van der Waals surface area contributed by atoms with E-state index in [1.54, 1.807) is 48.5 Å². The molecule has 2 rings (SSSR count). The highest BCUT2D eigenvalue weighted by Crippen LogP contribution is 2.29. The highest BCUT2D eigenvalue weighted by atomic mass is 32.2. The Morgan fingerprint density at radius 1 is 1.08 bits per heavy atom. The zero-order valence-corrected chi connectivity index (χ0v) is 15.7. The van der Waals surface area contributed by atoms with Crippen LogP contribution in [-0.4, -0.2) is 41.3 Å². The molecule has 2 aromatic carbocycles. The van der Waals surface area contributed by atoms with Crippen molar-refractivity contribution >= 4 is 27.3 Å². The van der Waals surface area contributed by atoms with E-state index in [-0.39, 0.29) is 18.9 Å². The molecule has 1 amide bonds. The van der Waals surface area contributed by atoms with Gasteiger partial charge in [-0.1, -0.05) is 18.2 Å². The van der Waals surface area contributed by atoms with E-state index in [2.05, 4.69) is 5.32 Å². The van der Waals surface area contributed by atoms with Gasteiger partial charge in [0.05, 0.1) is 31.9 Å². The third kappa shape index (κ3) is 5.13. The standard InChI is InChI=1S/C18H22N2O5S/c1-24-15-9-10-17(25-2)16(13-15)19-18(21)11-12-20(26(3,22)23)14-7-5-4-6-8-14/h4-10,13H,11-12H2,1-3H3,(H,19,21). The van der Waals surface area contributed by atoms with E-state index in [1.165, 1.54) is 18.5 Å². The molecule has 26 heavy (non-hydrogen) atoms. The molecule has 140 valence electrons. The first-order valence-electron chi connectivity index (χ1n) is 7.90. The minimum atomic E-state index is -3.50. The van der Waals surface area contributed by atoms with Gasteiger partial charge in [0.15, 0.2) is 0 Å². The number of sulfonamides is 1. The summed E-state index contributed by atoms with van der Waals surface area (Å²) < 4.78 is 35.7. The van der Waals surface area contributed by atoms with Crippen molar-refractivity contribution in [1.29, 1.82) is 0 Å². The molecule has 0 aliphatic heterocycles. The van der Waals surface area contributed by atoms with E-state index in [4.69, 9.17) is 9.47 Å². The Balaban J connectivity index is 2.10. The van der Waals surface area contributed by atoms with Crippen LogP contribution in [0.25, 0.3) is 0 Å². The fourth-order valence-corrected chi connectivity index (χ4v) is 3.34. The Labute approximate surface area is 153 Å². The normalized spacial score (nSPS) is 10.9. The number of carbonyl (C=O) groups excluding carboxylic acids is 1. The number of ether oxygens (including phenoxy) is 2. The smallest absolute Gasteiger partial charge is 0.232 e. The summed E-state index contributed by atoms with van der Waals surface area (Å²) >= 11 is 0. The summed E-state index contributed by atoms with van der Waals surface area (Å²) in [5, 5.41) is 2.73. The molecule has 0 radical (unpaired) electrons. The molecule has 0 spiro atoms. The van der Waals surface area contributed by atoms with E-state index < -0.39 is 10.0 Å². The monoisotopic (exact) mass is 378 g/mol. The number of methoxy groups -OCH3 is 2. The first-order valence-corrected chi connectivity index (χ1v) is 9.74. The minimum Gasteiger partial charge on any atom is -0.497 e. The van der Waals surface area contributed by atoms with Crippen molar-refractivity contribution in [1.82, 2.24) is 0 Å². The predicted octanol–water partition coefficient (Wildman–Crippen LogP) is 2.50. The number of nitrogens with zero attached hydrogens (tertiary/aromatic N) is 1. The Morgan fingerprint density at radius 3 is 2.35 bits per heavy atom. The lowest BCUT2D eigenvalue weighted by Gasteiger charge is -2.22. The van der Waals surface area contributed by atoms with Crippen LogP contribution in [0.4, 0.5) is 11.4 Å². The summed E-state index contributed by atoms with van der Waals surface area (Å²) in [5.41, 5.74) is 0.976. The van der Waals surface area contributed by atoms with Crippen molar-refractivity contribution in [3.8, 4) is 11.5 Å². The van der Waals surface area contributed by atoms with Crippen LogP contribution in [0.3, 0.4) is 0 Å². The van der Waals surface area contributed by atoms with Crippen LogP contribution in [0.1, 0.15) is 6.42 Å². The summed E-state index contributed by atoms with van der Waals surface area (Å²) in [4.78, 5) is 12.3. The predicted molar refractivity (Wildman–Crippen MR) is 101 cm³/mol. The van der Waals surface area contributed by atoms with Crippen molar-refractivity contribution in [2.24, 2.45) is 0 Å². The number of para-hydroxylation sites is 1. The highest BCUT2D eigenvalue weighted by molar-refractivity contribution is 7.92. The zero-order valence-electron chi connectivity index (χ0n) is 14.9. The van der Waals surface area contributed by atoms with Crippen molar-refractivity contribution < 1.29 is 22.7 Å². The largest absolute Gasteiger partial charge is 0.497 e. The highest BCUT2D eigenvalue weighted by Gasteiger charge is 2.19. The molecule has 0 fully saturated rings. The number of nitrogens with one attached hydrogen (secondary N) is 1. The lowest BCUT2D eigenvalue weighted by atomic mass is 10.2. The SMILES string of the molecule is COc1ccc(OC)c(NC(=O)CCN(c2ccccc2)S(C)(=O)=O)c1. The van der Waals surface area contributed by atoms with E-state index in [9.17, 15) is 13.2 Å². The molecule has 0 saturated carbocycles. The van der Waals surface area contributed by atoms with Crippen LogP contribution in [0.15, 0.2) is 48.5 Å². The number of hydrogen-bond acceptors (Lipinski definition) is 5. The van der Waals surface area contributed by atoms with Gasteiger partial charge in [-0.3, -0.25) is 9.10 Å². The average Bonchev–Trinajstić information content (AvgIpc) is 2.61. The molecule has 0 aromatic heterocycles. The van der Waals surface area contributed by atoms with Gasteiger partial charge in [-0.2, -0.15) is 0 Å². The van der Waals surface area contributed by atoms with Gasteiger partial charge >= 0.3 is 0 Å². The quantitative estimate of drug-likeness (QED) is 0.763. The Bertz CT molecular complexity index is 853. The number of amides is 1. The molecular weight excluding hydrogens is 356 g/mol. The van der Waals surface area contributed by atoms with Gasteiger partial charge in [0, 0.05) is 19.0 Å². The van der Waals surface area contributed by atoms with E-state index in [0.29, 0.717) is 22.9 Å². The van der Waals surface area contributed by atoms with Crippen molar-refractivity contribution in [2.45, 2.75) is 6.42 Å². The van der Waals surface area contributed by atoms with Crippen LogP contribution in [0.5, 0.6) is 11.5 Å². The molecule has 0 bridgehead atoms. The Hall–Kier alpha value is -2.74. The number of rotatable bonds is 8. The topological polar surface area (TPSA) is 84.9 Å². The van der Waals surface area contributed by atoms with Gasteiger partial charge in [0.1, 0.15) is 11.5 Å². The zero-order chi connectivity index (χ0) is 19.2. The molecule has 0 aliphatic carbocycles. The van der Waals surface area contributed by atoms with Gasteiger partial charge in [0.2, 0.25) is 15.9 Å². The number of anilines is 2. The molecule has 0 aliphatic rings. The lowest BCUT2D eigenvalue weighted by molar-refractivity contribution is -0.116. The molecule has 1 N–H and O–H groups in total. The van der Waals surface area contributed by atoms with Crippen LogP contribution in [0, 0.1) is 0 Å². The van der Waals surface area contributed by atoms with Gasteiger partial charge in [-0.15, -0.1) is 0 Å². The fourth-order valence-electron chi connectivity index (χ4n) is 2.41. The molecule has 0 unspecified atom stereocenters. The van der Waals surface area contributed by atoms with Gasteiger partial charge in [0.25, 0.3) is 0 Å². The fraction of sp³-hybridized carbons (Fsp3) is 0.278. The van der Waals surface area contributed by atoms with Crippen LogP contribution >= 0.6 is 0 Å². The molecule has 0 atom stereocenters. The molecular formula is C18H22N2O5S. The molecule has 7 nitrogen and oxygen atoms in total. The van der Waals surface area contributed by atoms with E-state index in [0.717, 1.165) is 6.26 Å². The van der Waals surface area contributed by atoms with Gasteiger partial charge < -0.3 is 14.8 Å². The van der Waals surface area contributed by atoms with Gasteiger partial charge in [-0.25, -0.2) is 8.42 Å². The summed E-state index contributed by atoms with van der Waals surface area (Å²) in [6.45, 7) is 0.0287. The Kier molecular flexibility index (Phi) is 6.46. The lowest BCUT2D eigenvalue weighted by Crippen LogP contribution is -2.33. The average molecular weight is 378 g/mol. The maximum Gasteiger partial charge on any atom is 0.232 e. The Morgan fingerprint density at radius 2 is 1.77 bits per heavy atom. The molecule has 0 heterocycles. The number of benzene rings is 2. The summed E-state index contributed by atoms with van der Waals surface area (Å²) in [6, 6.07) is 13.7. The first kappa shape index (κ1) is 19.6. The molecule has 2 aromatic rings. The van der Waals surface area contributed by atoms with Crippen molar-refractivity contribution in [3.05, 3.63) is 48.5 Å².